The number of methoxy groups -OCH3 is 1. The summed E-state index contributed by atoms with van der Waals surface area (Å²) in [4.78, 5) is 2.40. The Labute approximate surface area is 86.0 Å². The summed E-state index contributed by atoms with van der Waals surface area (Å²) in [5.74, 6) is 0.686. The molecule has 1 aliphatic rings. The Bertz CT molecular complexity index is 155. The molecule has 84 valence electrons. The summed E-state index contributed by atoms with van der Waals surface area (Å²) in [6, 6.07) is -0.0588. The molecule has 0 aliphatic carbocycles. The molecule has 0 aromatic heterocycles. The number of aliphatic hydroxyl groups excluding tert-OH is 1. The number of aliphatic hydroxyl groups is 1. The molecule has 0 bridgehead atoms. The minimum absolute atomic E-state index is 0.0588. The topological polar surface area (TPSA) is 58.7 Å². The molecule has 0 amide bonds. The van der Waals surface area contributed by atoms with E-state index in [1.54, 1.807) is 7.11 Å². The van der Waals surface area contributed by atoms with Crippen LogP contribution in [-0.2, 0) is 4.74 Å². The van der Waals surface area contributed by atoms with Crippen molar-refractivity contribution in [2.45, 2.75) is 18.9 Å². The number of nitrogens with zero attached hydrogens (tertiary/aromatic N) is 1. The van der Waals surface area contributed by atoms with E-state index < -0.39 is 0 Å². The van der Waals surface area contributed by atoms with Crippen molar-refractivity contribution in [3.05, 3.63) is 0 Å². The van der Waals surface area contributed by atoms with Crippen molar-refractivity contribution in [3.63, 3.8) is 0 Å². The lowest BCUT2D eigenvalue weighted by Crippen LogP contribution is -2.31. The third kappa shape index (κ3) is 3.92. The molecular formula is C10H22N2O2. The van der Waals surface area contributed by atoms with Gasteiger partial charge in [-0.05, 0) is 31.8 Å². The van der Waals surface area contributed by atoms with Crippen LogP contribution in [0.5, 0.6) is 0 Å². The lowest BCUT2D eigenvalue weighted by atomic mass is 10.1. The first kappa shape index (κ1) is 11.9. The maximum absolute atomic E-state index is 8.78. The Balaban J connectivity index is 2.09. The highest BCUT2D eigenvalue weighted by atomic mass is 16.5. The van der Waals surface area contributed by atoms with E-state index in [9.17, 15) is 0 Å². The summed E-state index contributed by atoms with van der Waals surface area (Å²) in [5, 5.41) is 8.78. The first-order valence-electron chi connectivity index (χ1n) is 5.34. The summed E-state index contributed by atoms with van der Waals surface area (Å²) < 4.78 is 5.13. The lowest BCUT2D eigenvalue weighted by molar-refractivity contribution is 0.152. The van der Waals surface area contributed by atoms with Crippen molar-refractivity contribution in [2.75, 3.05) is 40.0 Å². The highest BCUT2D eigenvalue weighted by Gasteiger charge is 2.21. The van der Waals surface area contributed by atoms with Crippen LogP contribution in [0.15, 0.2) is 0 Å². The standard InChI is InChI=1S/C10H22N2O2/c1-14-8-9-2-4-12(6-9)5-3-10(11)7-13/h9-10,13H,2-8,11H2,1H3. The van der Waals surface area contributed by atoms with Gasteiger partial charge in [0.1, 0.15) is 0 Å². The minimum atomic E-state index is -0.0588. The van der Waals surface area contributed by atoms with Gasteiger partial charge in [0.15, 0.2) is 0 Å². The molecule has 1 saturated heterocycles. The Kier molecular flexibility index (Phi) is 5.40. The molecule has 1 aliphatic heterocycles. The summed E-state index contributed by atoms with van der Waals surface area (Å²) in [6.45, 7) is 4.22. The smallest absolute Gasteiger partial charge is 0.0583 e. The van der Waals surface area contributed by atoms with Crippen molar-refractivity contribution in [1.82, 2.24) is 4.90 Å². The van der Waals surface area contributed by atoms with Crippen LogP contribution in [0.25, 0.3) is 0 Å². The van der Waals surface area contributed by atoms with Crippen molar-refractivity contribution >= 4 is 0 Å². The molecule has 0 radical (unpaired) electrons. The molecule has 14 heavy (non-hydrogen) atoms. The minimum Gasteiger partial charge on any atom is -0.395 e. The van der Waals surface area contributed by atoms with Crippen molar-refractivity contribution in [1.29, 1.82) is 0 Å². The van der Waals surface area contributed by atoms with Crippen LogP contribution in [0, 0.1) is 5.92 Å². The quantitative estimate of drug-likeness (QED) is 0.619. The Hall–Kier alpha value is -0.160. The molecule has 0 aromatic rings. The second-order valence-corrected chi connectivity index (χ2v) is 4.14. The van der Waals surface area contributed by atoms with Gasteiger partial charge in [-0.1, -0.05) is 0 Å². The zero-order valence-corrected chi connectivity index (χ0v) is 8.98. The number of hydrogen-bond acceptors (Lipinski definition) is 4. The maximum Gasteiger partial charge on any atom is 0.0583 e. The highest BCUT2D eigenvalue weighted by molar-refractivity contribution is 4.76. The fourth-order valence-corrected chi connectivity index (χ4v) is 1.93. The molecule has 0 saturated carbocycles. The predicted octanol–water partition coefficient (Wildman–Crippen LogP) is -0.336. The van der Waals surface area contributed by atoms with Crippen LogP contribution in [0.3, 0.4) is 0 Å². The van der Waals surface area contributed by atoms with Crippen LogP contribution in [-0.4, -0.2) is 56.0 Å². The van der Waals surface area contributed by atoms with Crippen LogP contribution < -0.4 is 5.73 Å². The number of rotatable bonds is 6. The molecule has 4 nitrogen and oxygen atoms in total. The van der Waals surface area contributed by atoms with Gasteiger partial charge in [0.2, 0.25) is 0 Å². The van der Waals surface area contributed by atoms with E-state index >= 15 is 0 Å². The molecule has 1 fully saturated rings. The van der Waals surface area contributed by atoms with Crippen molar-refractivity contribution in [3.8, 4) is 0 Å². The van der Waals surface area contributed by atoms with Gasteiger partial charge in [-0.15, -0.1) is 0 Å². The maximum atomic E-state index is 8.78. The third-order valence-corrected chi connectivity index (χ3v) is 2.82. The first-order valence-corrected chi connectivity index (χ1v) is 5.34. The highest BCUT2D eigenvalue weighted by Crippen LogP contribution is 2.16. The molecule has 1 rings (SSSR count). The second-order valence-electron chi connectivity index (χ2n) is 4.14. The van der Waals surface area contributed by atoms with E-state index in [0.717, 1.165) is 32.7 Å². The predicted molar refractivity (Wildman–Crippen MR) is 56.1 cm³/mol. The average Bonchev–Trinajstić information content (AvgIpc) is 2.63. The van der Waals surface area contributed by atoms with Crippen molar-refractivity contribution < 1.29 is 9.84 Å². The van der Waals surface area contributed by atoms with Gasteiger partial charge in [-0.3, -0.25) is 0 Å². The Morgan fingerprint density at radius 3 is 3.07 bits per heavy atom. The van der Waals surface area contributed by atoms with E-state index in [1.165, 1.54) is 6.42 Å². The van der Waals surface area contributed by atoms with Gasteiger partial charge in [0.05, 0.1) is 13.2 Å². The zero-order valence-electron chi connectivity index (χ0n) is 8.98. The molecule has 4 heteroatoms. The largest absolute Gasteiger partial charge is 0.395 e. The monoisotopic (exact) mass is 202 g/mol. The van der Waals surface area contributed by atoms with Gasteiger partial charge in [0, 0.05) is 19.7 Å². The zero-order chi connectivity index (χ0) is 10.4. The summed E-state index contributed by atoms with van der Waals surface area (Å²) >= 11 is 0. The Morgan fingerprint density at radius 1 is 1.64 bits per heavy atom. The van der Waals surface area contributed by atoms with E-state index in [1.807, 2.05) is 0 Å². The van der Waals surface area contributed by atoms with Gasteiger partial charge in [-0.25, -0.2) is 0 Å². The van der Waals surface area contributed by atoms with Gasteiger partial charge >= 0.3 is 0 Å². The lowest BCUT2D eigenvalue weighted by Gasteiger charge is -2.17. The van der Waals surface area contributed by atoms with Gasteiger partial charge in [0.25, 0.3) is 0 Å². The molecule has 2 unspecified atom stereocenters. The van der Waals surface area contributed by atoms with E-state index in [0.29, 0.717) is 5.92 Å². The first-order chi connectivity index (χ1) is 6.76. The number of ether oxygens (including phenoxy) is 1. The van der Waals surface area contributed by atoms with Crippen molar-refractivity contribution in [2.24, 2.45) is 11.7 Å². The summed E-state index contributed by atoms with van der Waals surface area (Å²) in [6.07, 6.45) is 2.11. The number of likely N-dealkylation sites (tertiary alicyclic amines) is 1. The molecule has 0 aromatic carbocycles. The SMILES string of the molecule is COCC1CCN(CCC(N)CO)C1. The molecule has 1 heterocycles. The fourth-order valence-electron chi connectivity index (χ4n) is 1.93. The number of nitrogens with two attached hydrogens (primary N) is 1. The molecule has 2 atom stereocenters. The number of hydrogen-bond donors (Lipinski definition) is 2. The molecule has 0 spiro atoms. The molecule has 3 N–H and O–H groups in total. The van der Waals surface area contributed by atoms with Crippen LogP contribution in [0.4, 0.5) is 0 Å². The van der Waals surface area contributed by atoms with Gasteiger partial charge in [-0.2, -0.15) is 0 Å². The van der Waals surface area contributed by atoms with E-state index in [4.69, 9.17) is 15.6 Å². The van der Waals surface area contributed by atoms with Crippen LogP contribution in [0.2, 0.25) is 0 Å². The van der Waals surface area contributed by atoms with Gasteiger partial charge < -0.3 is 20.5 Å². The summed E-state index contributed by atoms with van der Waals surface area (Å²) in [5.41, 5.74) is 5.64. The third-order valence-electron chi connectivity index (χ3n) is 2.82. The average molecular weight is 202 g/mol. The fraction of sp³-hybridized carbons (Fsp3) is 1.00. The second kappa shape index (κ2) is 6.35. The van der Waals surface area contributed by atoms with Crippen LogP contribution >= 0.6 is 0 Å². The normalized spacial score (nSPS) is 25.5. The van der Waals surface area contributed by atoms with E-state index in [-0.39, 0.29) is 12.6 Å². The Morgan fingerprint density at radius 2 is 2.43 bits per heavy atom. The molecular weight excluding hydrogens is 180 g/mol. The van der Waals surface area contributed by atoms with E-state index in [2.05, 4.69) is 4.90 Å². The summed E-state index contributed by atoms with van der Waals surface area (Å²) in [7, 11) is 1.75. The van der Waals surface area contributed by atoms with Crippen LogP contribution in [0.1, 0.15) is 12.8 Å².